The van der Waals surface area contributed by atoms with Gasteiger partial charge in [-0.1, -0.05) is 30.3 Å². The number of aryl methyl sites for hydroxylation is 2. The first-order valence-corrected chi connectivity index (χ1v) is 10.6. The van der Waals surface area contributed by atoms with Gasteiger partial charge in [0.05, 0.1) is 23.8 Å². The molecule has 0 unspecified atom stereocenters. The van der Waals surface area contributed by atoms with Crippen molar-refractivity contribution in [2.24, 2.45) is 5.92 Å². The smallest absolute Gasteiger partial charge is 0.251 e. The zero-order chi connectivity index (χ0) is 22.1. The fourth-order valence-corrected chi connectivity index (χ4v) is 4.58. The molecule has 0 spiro atoms. The van der Waals surface area contributed by atoms with Gasteiger partial charge in [-0.15, -0.1) is 0 Å². The number of piperidine rings is 1. The van der Waals surface area contributed by atoms with Gasteiger partial charge in [0.1, 0.15) is 5.75 Å². The van der Waals surface area contributed by atoms with Crippen molar-refractivity contribution in [1.82, 2.24) is 4.90 Å². The Hall–Kier alpha value is -3.19. The van der Waals surface area contributed by atoms with Gasteiger partial charge in [0.2, 0.25) is 11.8 Å². The van der Waals surface area contributed by atoms with Crippen LogP contribution in [0.2, 0.25) is 0 Å². The predicted octanol–water partition coefficient (Wildman–Crippen LogP) is 2.99. The van der Waals surface area contributed by atoms with Gasteiger partial charge in [-0.3, -0.25) is 19.3 Å². The number of likely N-dealkylation sites (tertiary alicyclic amines) is 1. The van der Waals surface area contributed by atoms with E-state index in [0.717, 1.165) is 11.1 Å². The van der Waals surface area contributed by atoms with E-state index < -0.39 is 6.04 Å². The molecule has 2 aliphatic heterocycles. The van der Waals surface area contributed by atoms with E-state index in [1.807, 2.05) is 36.9 Å². The second-order valence-electron chi connectivity index (χ2n) is 8.34. The van der Waals surface area contributed by atoms with E-state index >= 15 is 0 Å². The molecule has 0 aliphatic carbocycles. The number of anilines is 2. The van der Waals surface area contributed by atoms with Gasteiger partial charge in [0.15, 0.2) is 0 Å². The van der Waals surface area contributed by atoms with Crippen molar-refractivity contribution in [3.8, 4) is 5.75 Å². The number of nitrogens with zero attached hydrogens (tertiary/aromatic N) is 2. The van der Waals surface area contributed by atoms with Crippen LogP contribution in [0.4, 0.5) is 11.4 Å². The topological polar surface area (TPSA) is 90.0 Å². The summed E-state index contributed by atoms with van der Waals surface area (Å²) < 4.78 is 0. The summed E-state index contributed by atoms with van der Waals surface area (Å²) in [6, 6.07) is 11.9. The van der Waals surface area contributed by atoms with Crippen molar-refractivity contribution < 1.29 is 19.5 Å². The highest BCUT2D eigenvalue weighted by Gasteiger charge is 2.44. The Morgan fingerprint density at radius 3 is 2.29 bits per heavy atom. The summed E-state index contributed by atoms with van der Waals surface area (Å²) in [5, 5.41) is 12.6. The molecule has 0 saturated carbocycles. The second-order valence-corrected chi connectivity index (χ2v) is 8.34. The largest absolute Gasteiger partial charge is 0.506 e. The van der Waals surface area contributed by atoms with Crippen LogP contribution in [-0.4, -0.2) is 46.9 Å². The Kier molecular flexibility index (Phi) is 5.78. The third-order valence-corrected chi connectivity index (χ3v) is 6.29. The van der Waals surface area contributed by atoms with Gasteiger partial charge >= 0.3 is 0 Å². The number of amides is 3. The highest BCUT2D eigenvalue weighted by atomic mass is 16.3. The summed E-state index contributed by atoms with van der Waals surface area (Å²) >= 11 is 0. The Labute approximate surface area is 181 Å². The number of carbonyl (C=O) groups excluding carboxylic acids is 3. The van der Waals surface area contributed by atoms with Crippen LogP contribution in [0.5, 0.6) is 5.75 Å². The van der Waals surface area contributed by atoms with Crippen LogP contribution in [0.3, 0.4) is 0 Å². The number of benzene rings is 2. The molecule has 2 fully saturated rings. The lowest BCUT2D eigenvalue weighted by Crippen LogP contribution is -2.47. The first-order valence-electron chi connectivity index (χ1n) is 10.6. The van der Waals surface area contributed by atoms with E-state index in [-0.39, 0.29) is 35.8 Å². The number of phenols is 1. The van der Waals surface area contributed by atoms with Crippen molar-refractivity contribution in [2.45, 2.75) is 39.2 Å². The minimum atomic E-state index is -0.478. The normalized spacial score (nSPS) is 20.3. The number of aromatic hydroxyl groups is 1. The maximum Gasteiger partial charge on any atom is 0.251 e. The first kappa shape index (κ1) is 21.1. The lowest BCUT2D eigenvalue weighted by atomic mass is 9.94. The predicted molar refractivity (Wildman–Crippen MR) is 118 cm³/mol. The van der Waals surface area contributed by atoms with Crippen LogP contribution in [0, 0.1) is 19.8 Å². The van der Waals surface area contributed by atoms with Gasteiger partial charge in [0, 0.05) is 5.92 Å². The van der Waals surface area contributed by atoms with Crippen LogP contribution >= 0.6 is 0 Å². The molecular formula is C24H27N3O4. The zero-order valence-corrected chi connectivity index (χ0v) is 17.8. The van der Waals surface area contributed by atoms with Gasteiger partial charge < -0.3 is 10.4 Å². The molecule has 2 saturated heterocycles. The number of hydrogen-bond acceptors (Lipinski definition) is 5. The molecule has 2 aliphatic rings. The molecule has 0 aromatic heterocycles. The molecule has 2 heterocycles. The summed E-state index contributed by atoms with van der Waals surface area (Å²) in [4.78, 5) is 41.9. The highest BCUT2D eigenvalue weighted by Crippen LogP contribution is 2.33. The highest BCUT2D eigenvalue weighted by molar-refractivity contribution is 6.23. The van der Waals surface area contributed by atoms with E-state index in [4.69, 9.17) is 0 Å². The maximum atomic E-state index is 13.2. The second kappa shape index (κ2) is 8.51. The van der Waals surface area contributed by atoms with Crippen LogP contribution < -0.4 is 10.2 Å². The van der Waals surface area contributed by atoms with E-state index in [9.17, 15) is 19.5 Å². The molecule has 2 aromatic carbocycles. The molecule has 3 amide bonds. The van der Waals surface area contributed by atoms with E-state index in [0.29, 0.717) is 37.3 Å². The third kappa shape index (κ3) is 4.05. The number of carbonyl (C=O) groups is 3. The molecule has 2 N–H and O–H groups in total. The molecule has 0 bridgehead atoms. The molecule has 4 rings (SSSR count). The van der Waals surface area contributed by atoms with Crippen LogP contribution in [0.25, 0.3) is 0 Å². The average molecular weight is 421 g/mol. The monoisotopic (exact) mass is 421 g/mol. The average Bonchev–Trinajstić information content (AvgIpc) is 3.04. The van der Waals surface area contributed by atoms with Crippen molar-refractivity contribution in [3.63, 3.8) is 0 Å². The minimum absolute atomic E-state index is 0.0370. The summed E-state index contributed by atoms with van der Waals surface area (Å²) in [5.74, 6) is -0.647. The standard InChI is InChI=1S/C24H27N3O4/c1-15-6-5-7-16(2)22(15)27-21(29)14-19(24(27)31)26-12-10-17(11-13-26)23(30)25-18-8-3-4-9-20(18)28/h3-9,17,19,28H,10-14H2,1-2H3,(H,25,30)/t19-/m1/s1. The van der Waals surface area contributed by atoms with Crippen molar-refractivity contribution in [3.05, 3.63) is 53.6 Å². The van der Waals surface area contributed by atoms with Gasteiger partial charge in [-0.2, -0.15) is 0 Å². The van der Waals surface area contributed by atoms with Crippen molar-refractivity contribution in [1.29, 1.82) is 0 Å². The summed E-state index contributed by atoms with van der Waals surface area (Å²) in [7, 11) is 0. The molecule has 7 nitrogen and oxygen atoms in total. The van der Waals surface area contributed by atoms with Gasteiger partial charge in [0.25, 0.3) is 5.91 Å². The minimum Gasteiger partial charge on any atom is -0.506 e. The molecule has 7 heteroatoms. The van der Waals surface area contributed by atoms with Crippen LogP contribution in [-0.2, 0) is 14.4 Å². The van der Waals surface area contributed by atoms with Crippen molar-refractivity contribution in [2.75, 3.05) is 23.3 Å². The zero-order valence-electron chi connectivity index (χ0n) is 17.8. The number of para-hydroxylation sites is 3. The first-order chi connectivity index (χ1) is 14.9. The van der Waals surface area contributed by atoms with E-state index in [1.165, 1.54) is 11.0 Å². The Balaban J connectivity index is 1.40. The molecule has 31 heavy (non-hydrogen) atoms. The number of imide groups is 1. The molecule has 2 aromatic rings. The molecule has 1 atom stereocenters. The lowest BCUT2D eigenvalue weighted by molar-refractivity contribution is -0.123. The Morgan fingerprint density at radius 1 is 1.00 bits per heavy atom. The van der Waals surface area contributed by atoms with Crippen molar-refractivity contribution >= 4 is 29.1 Å². The summed E-state index contributed by atoms with van der Waals surface area (Å²) in [5.41, 5.74) is 2.90. The quantitative estimate of drug-likeness (QED) is 0.585. The SMILES string of the molecule is Cc1cccc(C)c1N1C(=O)C[C@@H](N2CCC(C(=O)Nc3ccccc3O)CC2)C1=O. The summed E-state index contributed by atoms with van der Waals surface area (Å²) in [6.45, 7) is 4.96. The summed E-state index contributed by atoms with van der Waals surface area (Å²) in [6.07, 6.45) is 1.36. The third-order valence-electron chi connectivity index (χ3n) is 6.29. The number of hydrogen-bond donors (Lipinski definition) is 2. The number of nitrogens with one attached hydrogen (secondary N) is 1. The van der Waals surface area contributed by atoms with Crippen LogP contribution in [0.1, 0.15) is 30.4 Å². The maximum absolute atomic E-state index is 13.2. The van der Waals surface area contributed by atoms with E-state index in [1.54, 1.807) is 18.2 Å². The van der Waals surface area contributed by atoms with E-state index in [2.05, 4.69) is 5.32 Å². The van der Waals surface area contributed by atoms with Gasteiger partial charge in [-0.25, -0.2) is 4.90 Å². The molecular weight excluding hydrogens is 394 g/mol. The molecule has 162 valence electrons. The van der Waals surface area contributed by atoms with Crippen LogP contribution in [0.15, 0.2) is 42.5 Å². The fourth-order valence-electron chi connectivity index (χ4n) is 4.58. The number of rotatable bonds is 4. The Morgan fingerprint density at radius 2 is 1.65 bits per heavy atom. The molecule has 0 radical (unpaired) electrons. The Bertz CT molecular complexity index is 1010. The fraction of sp³-hybridized carbons (Fsp3) is 0.375. The number of phenolic OH excluding ortho intramolecular Hbond substituents is 1. The van der Waals surface area contributed by atoms with Gasteiger partial charge in [-0.05, 0) is 63.0 Å². The lowest BCUT2D eigenvalue weighted by Gasteiger charge is -2.34.